The third-order valence-electron chi connectivity index (χ3n) is 4.14. The van der Waals surface area contributed by atoms with E-state index in [1.807, 2.05) is 0 Å². The van der Waals surface area contributed by atoms with Crippen molar-refractivity contribution < 1.29 is 0 Å². The smallest absolute Gasteiger partial charge is 0.0691 e. The van der Waals surface area contributed by atoms with E-state index < -0.39 is 0 Å². The van der Waals surface area contributed by atoms with Gasteiger partial charge in [-0.3, -0.25) is 0 Å². The molecule has 0 aromatic heterocycles. The average molecular weight is 266 g/mol. The molecule has 20 heavy (non-hydrogen) atoms. The molecule has 2 aromatic rings. The lowest BCUT2D eigenvalue weighted by Gasteiger charge is -2.34. The molecule has 1 heterocycles. The first-order valence-electron chi connectivity index (χ1n) is 7.33. The molecule has 2 unspecified atom stereocenters. The van der Waals surface area contributed by atoms with E-state index in [-0.39, 0.29) is 12.1 Å². The lowest BCUT2D eigenvalue weighted by molar-refractivity contribution is 0.541. The van der Waals surface area contributed by atoms with E-state index in [0.717, 1.165) is 13.0 Å². The lowest BCUT2D eigenvalue weighted by Crippen LogP contribution is -2.38. The first-order chi connectivity index (χ1) is 9.66. The van der Waals surface area contributed by atoms with Crippen LogP contribution in [0.2, 0.25) is 0 Å². The lowest BCUT2D eigenvalue weighted by atomic mass is 9.97. The van der Waals surface area contributed by atoms with Crippen molar-refractivity contribution in [1.82, 2.24) is 0 Å². The zero-order valence-corrected chi connectivity index (χ0v) is 12.2. The molecular formula is C18H22N2. The molecule has 0 saturated heterocycles. The molecule has 1 aliphatic heterocycles. The van der Waals surface area contributed by atoms with Crippen LogP contribution in [0, 0.1) is 6.92 Å². The van der Waals surface area contributed by atoms with Crippen molar-refractivity contribution >= 4 is 5.69 Å². The fourth-order valence-corrected chi connectivity index (χ4v) is 3.27. The standard InChI is InChI=1S/C18H22N2/c1-13-6-5-8-16(12-13)18(14(2)19)20-11-10-15-7-3-4-9-17(15)20/h3-9,12,14,18H,10-11,19H2,1-2H3. The van der Waals surface area contributed by atoms with E-state index in [0.29, 0.717) is 0 Å². The minimum absolute atomic E-state index is 0.1000. The maximum Gasteiger partial charge on any atom is 0.0691 e. The Hall–Kier alpha value is -1.80. The van der Waals surface area contributed by atoms with E-state index in [4.69, 9.17) is 5.73 Å². The quantitative estimate of drug-likeness (QED) is 0.922. The number of fused-ring (bicyclic) bond motifs is 1. The largest absolute Gasteiger partial charge is 0.362 e. The molecule has 0 bridgehead atoms. The van der Waals surface area contributed by atoms with E-state index in [9.17, 15) is 0 Å². The third kappa shape index (κ3) is 2.32. The Morgan fingerprint density at radius 2 is 1.90 bits per heavy atom. The fraction of sp³-hybridized carbons (Fsp3) is 0.333. The maximum absolute atomic E-state index is 6.31. The van der Waals surface area contributed by atoms with Crippen LogP contribution in [0.4, 0.5) is 5.69 Å². The van der Waals surface area contributed by atoms with Crippen molar-refractivity contribution in [2.24, 2.45) is 5.73 Å². The van der Waals surface area contributed by atoms with Gasteiger partial charge in [0.1, 0.15) is 0 Å². The summed E-state index contributed by atoms with van der Waals surface area (Å²) in [4.78, 5) is 2.47. The van der Waals surface area contributed by atoms with Crippen LogP contribution < -0.4 is 10.6 Å². The first-order valence-corrected chi connectivity index (χ1v) is 7.33. The molecule has 2 atom stereocenters. The molecule has 0 saturated carbocycles. The molecule has 2 nitrogen and oxygen atoms in total. The second-order valence-electron chi connectivity index (χ2n) is 5.79. The first kappa shape index (κ1) is 13.2. The van der Waals surface area contributed by atoms with Gasteiger partial charge >= 0.3 is 0 Å². The summed E-state index contributed by atoms with van der Waals surface area (Å²) in [6.45, 7) is 5.30. The molecule has 0 spiro atoms. The van der Waals surface area contributed by atoms with Gasteiger partial charge in [0.2, 0.25) is 0 Å². The van der Waals surface area contributed by atoms with Gasteiger partial charge in [0.05, 0.1) is 6.04 Å². The van der Waals surface area contributed by atoms with Crippen molar-refractivity contribution in [3.8, 4) is 0 Å². The van der Waals surface area contributed by atoms with Crippen LogP contribution in [-0.2, 0) is 6.42 Å². The summed E-state index contributed by atoms with van der Waals surface area (Å²) in [7, 11) is 0. The van der Waals surface area contributed by atoms with Crippen LogP contribution in [0.15, 0.2) is 48.5 Å². The number of benzene rings is 2. The number of anilines is 1. The highest BCUT2D eigenvalue weighted by Crippen LogP contribution is 2.36. The van der Waals surface area contributed by atoms with Crippen molar-refractivity contribution in [3.63, 3.8) is 0 Å². The molecule has 2 N–H and O–H groups in total. The van der Waals surface area contributed by atoms with Gasteiger partial charge in [-0.1, -0.05) is 48.0 Å². The molecular weight excluding hydrogens is 244 g/mol. The zero-order chi connectivity index (χ0) is 14.1. The Morgan fingerprint density at radius 3 is 2.65 bits per heavy atom. The van der Waals surface area contributed by atoms with Crippen molar-refractivity contribution in [3.05, 3.63) is 65.2 Å². The summed E-state index contributed by atoms with van der Waals surface area (Å²) < 4.78 is 0. The Morgan fingerprint density at radius 1 is 1.10 bits per heavy atom. The summed E-state index contributed by atoms with van der Waals surface area (Å²) in [5.41, 5.74) is 11.7. The van der Waals surface area contributed by atoms with Crippen LogP contribution in [0.1, 0.15) is 29.7 Å². The molecule has 104 valence electrons. The van der Waals surface area contributed by atoms with E-state index in [1.165, 1.54) is 22.4 Å². The predicted molar refractivity (Wildman–Crippen MR) is 85.1 cm³/mol. The molecule has 1 aliphatic rings. The molecule has 0 aliphatic carbocycles. The average Bonchev–Trinajstić information content (AvgIpc) is 2.83. The van der Waals surface area contributed by atoms with Crippen molar-refractivity contribution in [2.45, 2.75) is 32.4 Å². The monoisotopic (exact) mass is 266 g/mol. The van der Waals surface area contributed by atoms with Crippen LogP contribution in [-0.4, -0.2) is 12.6 Å². The number of nitrogens with zero attached hydrogens (tertiary/aromatic N) is 1. The summed E-state index contributed by atoms with van der Waals surface area (Å²) in [6.07, 6.45) is 1.12. The van der Waals surface area contributed by atoms with Crippen LogP contribution in [0.5, 0.6) is 0 Å². The number of rotatable bonds is 3. The second kappa shape index (κ2) is 5.29. The number of nitrogens with two attached hydrogens (primary N) is 1. The summed E-state index contributed by atoms with van der Waals surface area (Å²) in [6, 6.07) is 17.7. The summed E-state index contributed by atoms with van der Waals surface area (Å²) >= 11 is 0. The minimum atomic E-state index is 0.1000. The number of para-hydroxylation sites is 1. The number of hydrogen-bond acceptors (Lipinski definition) is 2. The third-order valence-corrected chi connectivity index (χ3v) is 4.14. The number of hydrogen-bond donors (Lipinski definition) is 1. The molecule has 2 heteroatoms. The van der Waals surface area contributed by atoms with Gasteiger partial charge in [-0.25, -0.2) is 0 Å². The molecule has 3 rings (SSSR count). The predicted octanol–water partition coefficient (Wildman–Crippen LogP) is 3.45. The van der Waals surface area contributed by atoms with Crippen LogP contribution in [0.3, 0.4) is 0 Å². The normalized spacial score (nSPS) is 16.9. The van der Waals surface area contributed by atoms with Gasteiger partial charge in [-0.15, -0.1) is 0 Å². The van der Waals surface area contributed by atoms with Gasteiger partial charge < -0.3 is 10.6 Å². The molecule has 0 amide bonds. The fourth-order valence-electron chi connectivity index (χ4n) is 3.27. The highest BCUT2D eigenvalue weighted by Gasteiger charge is 2.29. The topological polar surface area (TPSA) is 29.3 Å². The van der Waals surface area contributed by atoms with E-state index >= 15 is 0 Å². The zero-order valence-electron chi connectivity index (χ0n) is 12.2. The van der Waals surface area contributed by atoms with Crippen molar-refractivity contribution in [1.29, 1.82) is 0 Å². The second-order valence-corrected chi connectivity index (χ2v) is 5.79. The number of aryl methyl sites for hydroxylation is 1. The Balaban J connectivity index is 2.01. The Kier molecular flexibility index (Phi) is 3.49. The summed E-state index contributed by atoms with van der Waals surface area (Å²) in [5.74, 6) is 0. The SMILES string of the molecule is Cc1cccc(C(C(C)N)N2CCc3ccccc32)c1. The van der Waals surface area contributed by atoms with Gasteiger partial charge in [-0.05, 0) is 37.5 Å². The molecule has 0 radical (unpaired) electrons. The molecule has 2 aromatic carbocycles. The van der Waals surface area contributed by atoms with Gasteiger partial charge in [0.25, 0.3) is 0 Å². The Labute approximate surface area is 121 Å². The van der Waals surface area contributed by atoms with Gasteiger partial charge in [-0.2, -0.15) is 0 Å². The van der Waals surface area contributed by atoms with Crippen LogP contribution in [0.25, 0.3) is 0 Å². The van der Waals surface area contributed by atoms with E-state index in [1.54, 1.807) is 0 Å². The highest BCUT2D eigenvalue weighted by molar-refractivity contribution is 5.59. The Bertz CT molecular complexity index is 604. The van der Waals surface area contributed by atoms with Crippen molar-refractivity contribution in [2.75, 3.05) is 11.4 Å². The molecule has 0 fully saturated rings. The summed E-state index contributed by atoms with van der Waals surface area (Å²) in [5, 5.41) is 0. The van der Waals surface area contributed by atoms with Crippen LogP contribution >= 0.6 is 0 Å². The highest BCUT2D eigenvalue weighted by atomic mass is 15.2. The van der Waals surface area contributed by atoms with E-state index in [2.05, 4.69) is 67.3 Å². The maximum atomic E-state index is 6.31. The van der Waals surface area contributed by atoms with Gasteiger partial charge in [0, 0.05) is 18.3 Å². The minimum Gasteiger partial charge on any atom is -0.362 e. The van der Waals surface area contributed by atoms with Gasteiger partial charge in [0.15, 0.2) is 0 Å².